The van der Waals surface area contributed by atoms with Crippen LogP contribution in [0.2, 0.25) is 5.15 Å². The summed E-state index contributed by atoms with van der Waals surface area (Å²) in [5.74, 6) is 0.341. The molecule has 2 heterocycles. The molecule has 2 N–H and O–H groups in total. The van der Waals surface area contributed by atoms with E-state index < -0.39 is 12.2 Å². The third kappa shape index (κ3) is 3.54. The molecule has 4 nitrogen and oxygen atoms in total. The van der Waals surface area contributed by atoms with Gasteiger partial charge in [0.1, 0.15) is 11.3 Å². The fourth-order valence-corrected chi connectivity index (χ4v) is 3.86. The van der Waals surface area contributed by atoms with Gasteiger partial charge in [0, 0.05) is 28.5 Å². The van der Waals surface area contributed by atoms with Crippen molar-refractivity contribution < 1.29 is 9.18 Å². The Morgan fingerprint density at radius 2 is 2.32 bits per heavy atom. The number of halogens is 3. The fourth-order valence-electron chi connectivity index (χ4n) is 2.73. The molecular weight excluding hydrogens is 420 g/mol. The highest BCUT2D eigenvalue weighted by Crippen LogP contribution is 2.42. The van der Waals surface area contributed by atoms with Gasteiger partial charge in [-0.1, -0.05) is 11.6 Å². The van der Waals surface area contributed by atoms with E-state index in [0.29, 0.717) is 17.6 Å². The van der Waals surface area contributed by atoms with Crippen molar-refractivity contribution in [2.45, 2.75) is 56.9 Å². The number of amides is 1. The van der Waals surface area contributed by atoms with Crippen LogP contribution in [0, 0.1) is 3.57 Å². The standard InChI is InChI=1S/C15H18ClFIN3O/c1-7-10(17)5-11(20-7)15(22)19-6-9-4-12(16)21-14(13(9)18)8-2-3-8/h4,7-8,10-11,20H,2-3,5-6H2,1H3,(H,19,22)/t7-,10+,11-/m0/s1. The average molecular weight is 438 g/mol. The molecule has 7 heteroatoms. The van der Waals surface area contributed by atoms with Crippen LogP contribution in [0.15, 0.2) is 6.07 Å². The predicted octanol–water partition coefficient (Wildman–Crippen LogP) is 2.92. The van der Waals surface area contributed by atoms with E-state index in [1.165, 1.54) is 0 Å². The van der Waals surface area contributed by atoms with Gasteiger partial charge in [-0.25, -0.2) is 9.37 Å². The van der Waals surface area contributed by atoms with E-state index in [1.807, 2.05) is 0 Å². The van der Waals surface area contributed by atoms with E-state index in [4.69, 9.17) is 11.6 Å². The second-order valence-electron chi connectivity index (χ2n) is 6.06. The van der Waals surface area contributed by atoms with Crippen molar-refractivity contribution >= 4 is 40.1 Å². The highest BCUT2D eigenvalue weighted by atomic mass is 127. The molecule has 1 aromatic heterocycles. The molecule has 0 aromatic carbocycles. The van der Waals surface area contributed by atoms with Crippen molar-refractivity contribution in [2.75, 3.05) is 0 Å². The highest BCUT2D eigenvalue weighted by Gasteiger charge is 2.35. The summed E-state index contributed by atoms with van der Waals surface area (Å²) in [6.45, 7) is 2.15. The molecular formula is C15H18ClFIN3O. The summed E-state index contributed by atoms with van der Waals surface area (Å²) in [5.41, 5.74) is 2.01. The van der Waals surface area contributed by atoms with Gasteiger partial charge in [-0.3, -0.25) is 4.79 Å². The Bertz CT molecular complexity index is 586. The normalized spacial score (nSPS) is 27.9. The minimum absolute atomic E-state index is 0.163. The molecule has 2 fully saturated rings. The largest absolute Gasteiger partial charge is 0.351 e. The number of alkyl halides is 1. The maximum Gasteiger partial charge on any atom is 0.237 e. The van der Waals surface area contributed by atoms with Gasteiger partial charge < -0.3 is 10.6 Å². The minimum Gasteiger partial charge on any atom is -0.351 e. The highest BCUT2D eigenvalue weighted by molar-refractivity contribution is 14.1. The molecule has 1 aliphatic heterocycles. The number of aromatic nitrogens is 1. The number of nitrogens with one attached hydrogen (secondary N) is 2. The molecule has 1 saturated heterocycles. The summed E-state index contributed by atoms with van der Waals surface area (Å²) in [6.07, 6.45) is 1.57. The molecule has 120 valence electrons. The monoisotopic (exact) mass is 437 g/mol. The van der Waals surface area contributed by atoms with Crippen LogP contribution in [0.1, 0.15) is 43.4 Å². The van der Waals surface area contributed by atoms with Gasteiger partial charge in [-0.2, -0.15) is 0 Å². The number of hydrogen-bond acceptors (Lipinski definition) is 3. The summed E-state index contributed by atoms with van der Waals surface area (Å²) >= 11 is 8.35. The zero-order valence-corrected chi connectivity index (χ0v) is 15.1. The zero-order valence-electron chi connectivity index (χ0n) is 12.2. The Hall–Kier alpha value is -0.470. The Morgan fingerprint density at radius 1 is 1.59 bits per heavy atom. The maximum absolute atomic E-state index is 13.5. The average Bonchev–Trinajstić information content (AvgIpc) is 3.26. The first kappa shape index (κ1) is 16.4. The number of nitrogens with zero attached hydrogens (tertiary/aromatic N) is 1. The van der Waals surface area contributed by atoms with Crippen molar-refractivity contribution in [1.82, 2.24) is 15.6 Å². The summed E-state index contributed by atoms with van der Waals surface area (Å²) in [6, 6.07) is 1.06. The van der Waals surface area contributed by atoms with Gasteiger partial charge in [-0.05, 0) is 54.0 Å². The first-order valence-corrected chi connectivity index (χ1v) is 8.94. The van der Waals surface area contributed by atoms with Crippen LogP contribution in [0.4, 0.5) is 4.39 Å². The summed E-state index contributed by atoms with van der Waals surface area (Å²) in [7, 11) is 0. The summed E-state index contributed by atoms with van der Waals surface area (Å²) in [5, 5.41) is 6.32. The maximum atomic E-state index is 13.5. The van der Waals surface area contributed by atoms with E-state index >= 15 is 0 Å². The first-order valence-electron chi connectivity index (χ1n) is 7.48. The van der Waals surface area contributed by atoms with Crippen LogP contribution < -0.4 is 10.6 Å². The Morgan fingerprint density at radius 3 is 2.91 bits per heavy atom. The van der Waals surface area contributed by atoms with Gasteiger partial charge >= 0.3 is 0 Å². The van der Waals surface area contributed by atoms with E-state index in [-0.39, 0.29) is 18.4 Å². The van der Waals surface area contributed by atoms with Gasteiger partial charge in [0.2, 0.25) is 5.91 Å². The van der Waals surface area contributed by atoms with Crippen LogP contribution in [-0.2, 0) is 11.3 Å². The molecule has 1 amide bonds. The molecule has 2 aliphatic rings. The van der Waals surface area contributed by atoms with Crippen LogP contribution in [0.3, 0.4) is 0 Å². The van der Waals surface area contributed by atoms with Crippen molar-refractivity contribution in [3.8, 4) is 0 Å². The summed E-state index contributed by atoms with van der Waals surface area (Å²) in [4.78, 5) is 16.5. The van der Waals surface area contributed by atoms with Crippen molar-refractivity contribution in [3.63, 3.8) is 0 Å². The van der Waals surface area contributed by atoms with Crippen LogP contribution in [0.25, 0.3) is 0 Å². The third-order valence-corrected chi connectivity index (χ3v) is 5.67. The molecule has 0 spiro atoms. The lowest BCUT2D eigenvalue weighted by atomic mass is 10.1. The molecule has 1 aliphatic carbocycles. The van der Waals surface area contributed by atoms with Crippen molar-refractivity contribution in [3.05, 3.63) is 26.0 Å². The molecule has 0 bridgehead atoms. The second kappa shape index (κ2) is 6.57. The second-order valence-corrected chi connectivity index (χ2v) is 7.52. The fraction of sp³-hybridized carbons (Fsp3) is 0.600. The Labute approximate surface area is 147 Å². The molecule has 0 radical (unpaired) electrons. The molecule has 1 saturated carbocycles. The quantitative estimate of drug-likeness (QED) is 0.563. The Kier molecular flexibility index (Phi) is 4.89. The molecule has 0 unspecified atom stereocenters. The number of carbonyl (C=O) groups is 1. The molecule has 1 aromatic rings. The SMILES string of the molecule is C[C@@H]1N[C@H](C(=O)NCc2cc(Cl)nc(C3CC3)c2I)C[C@H]1F. The number of carbonyl (C=O) groups excluding carboxylic acids is 1. The third-order valence-electron chi connectivity index (χ3n) is 4.23. The van der Waals surface area contributed by atoms with E-state index in [9.17, 15) is 9.18 Å². The zero-order chi connectivity index (χ0) is 15.9. The van der Waals surface area contributed by atoms with E-state index in [2.05, 4.69) is 38.2 Å². The van der Waals surface area contributed by atoms with Gasteiger partial charge in [0.05, 0.1) is 11.7 Å². The smallest absolute Gasteiger partial charge is 0.237 e. The summed E-state index contributed by atoms with van der Waals surface area (Å²) < 4.78 is 14.6. The van der Waals surface area contributed by atoms with Crippen LogP contribution in [-0.4, -0.2) is 29.1 Å². The van der Waals surface area contributed by atoms with Crippen LogP contribution in [0.5, 0.6) is 0 Å². The minimum atomic E-state index is -0.965. The van der Waals surface area contributed by atoms with Gasteiger partial charge in [0.25, 0.3) is 0 Å². The lowest BCUT2D eigenvalue weighted by Crippen LogP contribution is -2.42. The lowest BCUT2D eigenvalue weighted by molar-refractivity contribution is -0.123. The van der Waals surface area contributed by atoms with Gasteiger partial charge in [0.15, 0.2) is 0 Å². The van der Waals surface area contributed by atoms with Crippen molar-refractivity contribution in [2.24, 2.45) is 0 Å². The number of hydrogen-bond donors (Lipinski definition) is 2. The molecule has 22 heavy (non-hydrogen) atoms. The van der Waals surface area contributed by atoms with Crippen LogP contribution >= 0.6 is 34.2 Å². The topological polar surface area (TPSA) is 54.0 Å². The predicted molar refractivity (Wildman–Crippen MR) is 91.7 cm³/mol. The number of rotatable bonds is 4. The Balaban J connectivity index is 1.65. The first-order chi connectivity index (χ1) is 10.5. The van der Waals surface area contributed by atoms with E-state index in [0.717, 1.165) is 27.7 Å². The van der Waals surface area contributed by atoms with E-state index in [1.54, 1.807) is 13.0 Å². The molecule has 3 atom stereocenters. The van der Waals surface area contributed by atoms with Crippen molar-refractivity contribution in [1.29, 1.82) is 0 Å². The number of pyridine rings is 1. The lowest BCUT2D eigenvalue weighted by Gasteiger charge is -2.14. The molecule has 3 rings (SSSR count). The van der Waals surface area contributed by atoms with Gasteiger partial charge in [-0.15, -0.1) is 0 Å².